The van der Waals surface area contributed by atoms with Gasteiger partial charge in [0.2, 0.25) is 11.8 Å². The second kappa shape index (κ2) is 10.8. The van der Waals surface area contributed by atoms with Gasteiger partial charge in [0.05, 0.1) is 25.7 Å². The monoisotopic (exact) mass is 400 g/mol. The highest BCUT2D eigenvalue weighted by Crippen LogP contribution is 2.20. The molecule has 2 amide bonds. The summed E-state index contributed by atoms with van der Waals surface area (Å²) in [6.45, 7) is 2.38. The van der Waals surface area contributed by atoms with Gasteiger partial charge in [-0.05, 0) is 18.4 Å². The van der Waals surface area contributed by atoms with E-state index < -0.39 is 12.0 Å². The van der Waals surface area contributed by atoms with Gasteiger partial charge >= 0.3 is 5.97 Å². The highest BCUT2D eigenvalue weighted by molar-refractivity contribution is 5.86. The second-order valence-corrected chi connectivity index (χ2v) is 7.27. The molecule has 156 valence electrons. The van der Waals surface area contributed by atoms with Gasteiger partial charge in [-0.25, -0.2) is 0 Å². The van der Waals surface area contributed by atoms with Crippen LogP contribution in [0.4, 0.5) is 0 Å². The molecule has 0 aliphatic carbocycles. The Hall–Kier alpha value is -2.67. The molecule has 0 bridgehead atoms. The van der Waals surface area contributed by atoms with Crippen LogP contribution in [0.5, 0.6) is 0 Å². The van der Waals surface area contributed by atoms with Crippen LogP contribution in [0, 0.1) is 5.92 Å². The van der Waals surface area contributed by atoms with Gasteiger partial charge in [0.15, 0.2) is 0 Å². The van der Waals surface area contributed by atoms with Crippen LogP contribution in [0.25, 0.3) is 0 Å². The van der Waals surface area contributed by atoms with Crippen LogP contribution < -0.4 is 5.32 Å². The number of esters is 1. The lowest BCUT2D eigenvalue weighted by molar-refractivity contribution is -0.150. The number of rotatable bonds is 3. The summed E-state index contributed by atoms with van der Waals surface area (Å²) in [5.74, 6) is -0.973. The third-order valence-electron chi connectivity index (χ3n) is 5.16. The summed E-state index contributed by atoms with van der Waals surface area (Å²) in [5, 5.41) is 2.88. The van der Waals surface area contributed by atoms with E-state index >= 15 is 0 Å². The number of morpholine rings is 1. The minimum Gasteiger partial charge on any atom is -0.456 e. The van der Waals surface area contributed by atoms with Crippen molar-refractivity contribution in [3.8, 4) is 0 Å². The van der Waals surface area contributed by atoms with Crippen LogP contribution in [0.2, 0.25) is 0 Å². The topological polar surface area (TPSA) is 84.9 Å². The number of cyclic esters (lactones) is 1. The van der Waals surface area contributed by atoms with Gasteiger partial charge in [-0.3, -0.25) is 14.4 Å². The first-order valence-corrected chi connectivity index (χ1v) is 10.2. The van der Waals surface area contributed by atoms with E-state index in [0.717, 1.165) is 5.56 Å². The average molecular weight is 400 g/mol. The molecule has 0 aromatic heterocycles. The Morgan fingerprint density at radius 3 is 2.62 bits per heavy atom. The molecule has 0 spiro atoms. The lowest BCUT2D eigenvalue weighted by atomic mass is 9.98. The van der Waals surface area contributed by atoms with E-state index in [1.165, 1.54) is 0 Å². The third kappa shape index (κ3) is 6.42. The van der Waals surface area contributed by atoms with E-state index in [9.17, 15) is 14.4 Å². The summed E-state index contributed by atoms with van der Waals surface area (Å²) in [6, 6.07) is 9.36. The smallest absolute Gasteiger partial charge is 0.306 e. The van der Waals surface area contributed by atoms with Gasteiger partial charge in [-0.2, -0.15) is 0 Å². The number of nitrogens with zero attached hydrogens (tertiary/aromatic N) is 1. The largest absolute Gasteiger partial charge is 0.456 e. The van der Waals surface area contributed by atoms with E-state index in [4.69, 9.17) is 9.47 Å². The first-order chi connectivity index (χ1) is 14.1. The molecule has 2 aliphatic rings. The number of amides is 2. The molecule has 2 heterocycles. The van der Waals surface area contributed by atoms with E-state index in [0.29, 0.717) is 39.1 Å². The number of hydrogen-bond donors (Lipinski definition) is 1. The first kappa shape index (κ1) is 21.0. The third-order valence-corrected chi connectivity index (χ3v) is 5.16. The number of allylic oxidation sites excluding steroid dienone is 2. The van der Waals surface area contributed by atoms with Crippen LogP contribution in [0.1, 0.15) is 37.4 Å². The van der Waals surface area contributed by atoms with Gasteiger partial charge < -0.3 is 19.7 Å². The van der Waals surface area contributed by atoms with Gasteiger partial charge in [-0.15, -0.1) is 0 Å². The second-order valence-electron chi connectivity index (χ2n) is 7.27. The fraction of sp³-hybridized carbons (Fsp3) is 0.500. The Morgan fingerprint density at radius 2 is 1.86 bits per heavy atom. The Labute approximate surface area is 171 Å². The Balaban J connectivity index is 1.68. The van der Waals surface area contributed by atoms with Crippen molar-refractivity contribution in [2.45, 2.75) is 31.8 Å². The maximum absolute atomic E-state index is 12.8. The molecule has 7 nitrogen and oxygen atoms in total. The quantitative estimate of drug-likeness (QED) is 0.620. The molecule has 1 N–H and O–H groups in total. The lowest BCUT2D eigenvalue weighted by Gasteiger charge is -2.28. The standard InChI is InChI=1S/C22H28N2O5/c25-20(24-11-13-28-14-12-24)15-18-9-5-2-6-10-21(26)29-19(16-23-22(18)27)17-7-3-1-4-8-17/h1-5,7-8,18-19H,6,9-16H2,(H,23,27)/b5-2+/t18-,19-/m0/s1. The molecule has 0 saturated carbocycles. The zero-order valence-electron chi connectivity index (χ0n) is 16.5. The van der Waals surface area contributed by atoms with Crippen LogP contribution in [-0.4, -0.2) is 55.5 Å². The minimum absolute atomic E-state index is 0.0278. The zero-order chi connectivity index (χ0) is 20.5. The van der Waals surface area contributed by atoms with Gasteiger partial charge in [0, 0.05) is 25.9 Å². The fourth-order valence-corrected chi connectivity index (χ4v) is 3.47. The van der Waals surface area contributed by atoms with Crippen molar-refractivity contribution in [2.75, 3.05) is 32.8 Å². The summed E-state index contributed by atoms with van der Waals surface area (Å²) in [6.07, 6.45) is 4.66. The Kier molecular flexibility index (Phi) is 7.81. The molecule has 1 saturated heterocycles. The van der Waals surface area contributed by atoms with Crippen molar-refractivity contribution < 1.29 is 23.9 Å². The van der Waals surface area contributed by atoms with Crippen LogP contribution >= 0.6 is 0 Å². The molecule has 29 heavy (non-hydrogen) atoms. The zero-order valence-corrected chi connectivity index (χ0v) is 16.5. The van der Waals surface area contributed by atoms with E-state index in [1.807, 2.05) is 42.5 Å². The summed E-state index contributed by atoms with van der Waals surface area (Å²) >= 11 is 0. The molecular weight excluding hydrogens is 372 g/mol. The van der Waals surface area contributed by atoms with Gasteiger partial charge in [-0.1, -0.05) is 42.5 Å². The van der Waals surface area contributed by atoms with Crippen molar-refractivity contribution in [1.29, 1.82) is 0 Å². The van der Waals surface area contributed by atoms with Crippen molar-refractivity contribution in [2.24, 2.45) is 5.92 Å². The summed E-state index contributed by atoms with van der Waals surface area (Å²) in [4.78, 5) is 39.3. The maximum Gasteiger partial charge on any atom is 0.306 e. The molecule has 2 aliphatic heterocycles. The van der Waals surface area contributed by atoms with Crippen molar-refractivity contribution in [3.63, 3.8) is 0 Å². The van der Waals surface area contributed by atoms with Gasteiger partial charge in [0.25, 0.3) is 0 Å². The van der Waals surface area contributed by atoms with Crippen LogP contribution in [0.3, 0.4) is 0 Å². The van der Waals surface area contributed by atoms with Crippen LogP contribution in [0.15, 0.2) is 42.5 Å². The molecule has 7 heteroatoms. The van der Waals surface area contributed by atoms with Crippen molar-refractivity contribution in [3.05, 3.63) is 48.0 Å². The average Bonchev–Trinajstić information content (AvgIpc) is 2.75. The predicted octanol–water partition coefficient (Wildman–Crippen LogP) is 1.99. The van der Waals surface area contributed by atoms with E-state index in [2.05, 4.69) is 5.32 Å². The van der Waals surface area contributed by atoms with Crippen LogP contribution in [-0.2, 0) is 23.9 Å². The van der Waals surface area contributed by atoms with Gasteiger partial charge in [0.1, 0.15) is 6.10 Å². The number of ether oxygens (including phenoxy) is 2. The first-order valence-electron chi connectivity index (χ1n) is 10.2. The summed E-state index contributed by atoms with van der Waals surface area (Å²) in [7, 11) is 0. The minimum atomic E-state index is -0.549. The summed E-state index contributed by atoms with van der Waals surface area (Å²) < 4.78 is 10.9. The number of nitrogens with one attached hydrogen (secondary N) is 1. The number of carbonyl (C=O) groups is 3. The molecule has 0 radical (unpaired) electrons. The van der Waals surface area contributed by atoms with E-state index in [1.54, 1.807) is 4.90 Å². The molecule has 1 aromatic rings. The SMILES string of the molecule is O=C1CC/C=C/C[C@@H](CC(=O)N2CCOCC2)C(=O)NC[C@@H](c2ccccc2)O1. The Bertz CT molecular complexity index is 728. The molecule has 1 fully saturated rings. The number of hydrogen-bond acceptors (Lipinski definition) is 5. The van der Waals surface area contributed by atoms with Crippen molar-refractivity contribution >= 4 is 17.8 Å². The lowest BCUT2D eigenvalue weighted by Crippen LogP contribution is -2.43. The van der Waals surface area contributed by atoms with E-state index in [-0.39, 0.29) is 37.2 Å². The molecule has 1 aromatic carbocycles. The Morgan fingerprint density at radius 1 is 1.10 bits per heavy atom. The maximum atomic E-state index is 12.8. The highest BCUT2D eigenvalue weighted by atomic mass is 16.5. The highest BCUT2D eigenvalue weighted by Gasteiger charge is 2.26. The predicted molar refractivity (Wildman–Crippen MR) is 107 cm³/mol. The fourth-order valence-electron chi connectivity index (χ4n) is 3.47. The number of carbonyl (C=O) groups excluding carboxylic acids is 3. The molecule has 0 unspecified atom stereocenters. The summed E-state index contributed by atoms with van der Waals surface area (Å²) in [5.41, 5.74) is 0.828. The normalized spacial score (nSPS) is 25.2. The molecular formula is C22H28N2O5. The van der Waals surface area contributed by atoms with Crippen molar-refractivity contribution in [1.82, 2.24) is 10.2 Å². The molecule has 3 rings (SSSR count). The number of benzene rings is 1. The molecule has 2 atom stereocenters.